The monoisotopic (exact) mass is 228 g/mol. The number of amides is 1. The van der Waals surface area contributed by atoms with E-state index in [0.29, 0.717) is 10.7 Å². The predicted molar refractivity (Wildman–Crippen MR) is 59.9 cm³/mol. The van der Waals surface area contributed by atoms with E-state index < -0.39 is 12.0 Å². The average molecular weight is 229 g/mol. The summed E-state index contributed by atoms with van der Waals surface area (Å²) in [5.74, 6) is -0.511. The third kappa shape index (κ3) is 3.20. The van der Waals surface area contributed by atoms with Crippen molar-refractivity contribution in [2.75, 3.05) is 11.9 Å². The van der Waals surface area contributed by atoms with Crippen LogP contribution in [-0.2, 0) is 4.79 Å². The van der Waals surface area contributed by atoms with Crippen LogP contribution in [0.1, 0.15) is 5.56 Å². The minimum Gasteiger partial charge on any atom is -0.382 e. The number of nitrogens with two attached hydrogens (primary N) is 1. The molecule has 0 saturated carbocycles. The molecule has 0 aromatic heterocycles. The molecule has 0 aliphatic heterocycles. The molecule has 1 amide bonds. The summed E-state index contributed by atoms with van der Waals surface area (Å²) in [7, 11) is 0. The van der Waals surface area contributed by atoms with Crippen LogP contribution in [-0.4, -0.2) is 23.7 Å². The Hall–Kier alpha value is -1.10. The first kappa shape index (κ1) is 12.0. The molecule has 0 aliphatic carbocycles. The van der Waals surface area contributed by atoms with Crippen molar-refractivity contribution in [2.24, 2.45) is 5.73 Å². The van der Waals surface area contributed by atoms with Crippen molar-refractivity contribution < 1.29 is 9.90 Å². The van der Waals surface area contributed by atoms with E-state index in [1.165, 1.54) is 0 Å². The summed E-state index contributed by atoms with van der Waals surface area (Å²) in [6, 6.07) is 5.07. The van der Waals surface area contributed by atoms with Crippen LogP contribution in [0.15, 0.2) is 18.2 Å². The maximum absolute atomic E-state index is 11.3. The van der Waals surface area contributed by atoms with Gasteiger partial charge in [0.25, 0.3) is 5.91 Å². The van der Waals surface area contributed by atoms with Gasteiger partial charge in [-0.25, -0.2) is 0 Å². The lowest BCUT2D eigenvalue weighted by atomic mass is 10.2. The fourth-order valence-electron chi connectivity index (χ4n) is 1.09. The summed E-state index contributed by atoms with van der Waals surface area (Å²) < 4.78 is 0. The van der Waals surface area contributed by atoms with Crippen LogP contribution in [0.3, 0.4) is 0 Å². The molecule has 1 unspecified atom stereocenters. The highest BCUT2D eigenvalue weighted by Gasteiger charge is 2.13. The number of carbonyl (C=O) groups is 1. The number of rotatable bonds is 3. The molecular weight excluding hydrogens is 216 g/mol. The lowest BCUT2D eigenvalue weighted by Crippen LogP contribution is -2.34. The van der Waals surface area contributed by atoms with Crippen LogP contribution in [0.5, 0.6) is 0 Å². The molecule has 0 radical (unpaired) electrons. The van der Waals surface area contributed by atoms with Crippen LogP contribution in [0.4, 0.5) is 5.69 Å². The number of aliphatic hydroxyl groups is 1. The first-order valence-electron chi connectivity index (χ1n) is 4.49. The molecule has 82 valence electrons. The maximum atomic E-state index is 11.3. The predicted octanol–water partition coefficient (Wildman–Crippen LogP) is 0.907. The van der Waals surface area contributed by atoms with Gasteiger partial charge in [-0.15, -0.1) is 0 Å². The van der Waals surface area contributed by atoms with Gasteiger partial charge in [0.15, 0.2) is 0 Å². The fourth-order valence-corrected chi connectivity index (χ4v) is 1.32. The Bertz CT molecular complexity index is 368. The SMILES string of the molecule is Cc1cc(Cl)ccc1NC(=O)C(O)CN. The molecule has 4 N–H and O–H groups in total. The second kappa shape index (κ2) is 5.11. The number of anilines is 1. The number of carbonyl (C=O) groups excluding carboxylic acids is 1. The van der Waals surface area contributed by atoms with E-state index >= 15 is 0 Å². The fraction of sp³-hybridized carbons (Fsp3) is 0.300. The molecule has 0 aliphatic rings. The Morgan fingerprint density at radius 2 is 2.33 bits per heavy atom. The smallest absolute Gasteiger partial charge is 0.254 e. The summed E-state index contributed by atoms with van der Waals surface area (Å²) in [4.78, 5) is 11.3. The Kier molecular flexibility index (Phi) is 4.08. The number of hydrogen-bond donors (Lipinski definition) is 3. The quantitative estimate of drug-likeness (QED) is 0.720. The molecule has 1 aromatic carbocycles. The highest BCUT2D eigenvalue weighted by Crippen LogP contribution is 2.19. The molecule has 0 spiro atoms. The molecule has 1 atom stereocenters. The summed E-state index contributed by atoms with van der Waals surface area (Å²) in [5.41, 5.74) is 6.61. The summed E-state index contributed by atoms with van der Waals surface area (Å²) >= 11 is 5.76. The Morgan fingerprint density at radius 3 is 2.87 bits per heavy atom. The second-order valence-corrected chi connectivity index (χ2v) is 3.64. The number of hydrogen-bond acceptors (Lipinski definition) is 3. The standard InChI is InChI=1S/C10H13ClN2O2/c1-6-4-7(11)2-3-8(6)13-10(15)9(14)5-12/h2-4,9,14H,5,12H2,1H3,(H,13,15). The van der Waals surface area contributed by atoms with Gasteiger partial charge in [-0.2, -0.15) is 0 Å². The third-order valence-electron chi connectivity index (χ3n) is 1.97. The summed E-state index contributed by atoms with van der Waals surface area (Å²) in [6.45, 7) is 1.72. The van der Waals surface area contributed by atoms with E-state index in [2.05, 4.69) is 5.32 Å². The Labute approximate surface area is 93.0 Å². The van der Waals surface area contributed by atoms with Crippen molar-refractivity contribution in [3.8, 4) is 0 Å². The van der Waals surface area contributed by atoms with Crippen molar-refractivity contribution in [2.45, 2.75) is 13.0 Å². The van der Waals surface area contributed by atoms with Gasteiger partial charge < -0.3 is 16.2 Å². The topological polar surface area (TPSA) is 75.3 Å². The van der Waals surface area contributed by atoms with Crippen molar-refractivity contribution in [3.05, 3.63) is 28.8 Å². The first-order chi connectivity index (χ1) is 7.04. The van der Waals surface area contributed by atoms with E-state index in [4.69, 9.17) is 17.3 Å². The zero-order valence-electron chi connectivity index (χ0n) is 8.33. The third-order valence-corrected chi connectivity index (χ3v) is 2.21. The van der Waals surface area contributed by atoms with Gasteiger partial charge in [0.05, 0.1) is 0 Å². The van der Waals surface area contributed by atoms with E-state index in [0.717, 1.165) is 5.56 Å². The number of halogens is 1. The van der Waals surface area contributed by atoms with Crippen molar-refractivity contribution >= 4 is 23.2 Å². The lowest BCUT2D eigenvalue weighted by Gasteiger charge is -2.11. The molecule has 1 rings (SSSR count). The normalized spacial score (nSPS) is 12.3. The Balaban J connectivity index is 2.77. The largest absolute Gasteiger partial charge is 0.382 e. The van der Waals surface area contributed by atoms with Crippen molar-refractivity contribution in [1.29, 1.82) is 0 Å². The zero-order chi connectivity index (χ0) is 11.4. The van der Waals surface area contributed by atoms with E-state index in [-0.39, 0.29) is 6.54 Å². The first-order valence-corrected chi connectivity index (χ1v) is 4.87. The molecule has 0 bridgehead atoms. The lowest BCUT2D eigenvalue weighted by molar-refractivity contribution is -0.123. The molecule has 15 heavy (non-hydrogen) atoms. The second-order valence-electron chi connectivity index (χ2n) is 3.20. The minimum atomic E-state index is -1.18. The molecule has 0 heterocycles. The molecule has 0 fully saturated rings. The van der Waals surface area contributed by atoms with Gasteiger partial charge in [-0.05, 0) is 30.7 Å². The zero-order valence-corrected chi connectivity index (χ0v) is 9.08. The van der Waals surface area contributed by atoms with Crippen molar-refractivity contribution in [3.63, 3.8) is 0 Å². The van der Waals surface area contributed by atoms with Crippen molar-refractivity contribution in [1.82, 2.24) is 0 Å². The van der Waals surface area contributed by atoms with Crippen LogP contribution in [0.25, 0.3) is 0 Å². The molecule has 0 saturated heterocycles. The number of aryl methyl sites for hydroxylation is 1. The molecule has 4 nitrogen and oxygen atoms in total. The summed E-state index contributed by atoms with van der Waals surface area (Å²) in [5, 5.41) is 12.3. The van der Waals surface area contributed by atoms with Gasteiger partial charge in [0.1, 0.15) is 6.10 Å². The van der Waals surface area contributed by atoms with Gasteiger partial charge in [-0.1, -0.05) is 11.6 Å². The molecule has 5 heteroatoms. The van der Waals surface area contributed by atoms with Gasteiger partial charge in [0, 0.05) is 17.3 Å². The van der Waals surface area contributed by atoms with Crippen LogP contribution < -0.4 is 11.1 Å². The van der Waals surface area contributed by atoms with Crippen LogP contribution in [0.2, 0.25) is 5.02 Å². The average Bonchev–Trinajstić information content (AvgIpc) is 2.20. The Morgan fingerprint density at radius 1 is 1.67 bits per heavy atom. The number of aliphatic hydroxyl groups excluding tert-OH is 1. The summed E-state index contributed by atoms with van der Waals surface area (Å²) in [6.07, 6.45) is -1.18. The maximum Gasteiger partial charge on any atom is 0.254 e. The van der Waals surface area contributed by atoms with E-state index in [9.17, 15) is 9.90 Å². The van der Waals surface area contributed by atoms with Gasteiger partial charge >= 0.3 is 0 Å². The van der Waals surface area contributed by atoms with Gasteiger partial charge in [0.2, 0.25) is 0 Å². The van der Waals surface area contributed by atoms with Gasteiger partial charge in [-0.3, -0.25) is 4.79 Å². The van der Waals surface area contributed by atoms with Crippen LogP contribution >= 0.6 is 11.6 Å². The molecular formula is C10H13ClN2O2. The van der Waals surface area contributed by atoms with E-state index in [1.807, 2.05) is 6.92 Å². The molecule has 1 aromatic rings. The number of benzene rings is 1. The highest BCUT2D eigenvalue weighted by molar-refractivity contribution is 6.30. The number of nitrogens with one attached hydrogen (secondary N) is 1. The highest BCUT2D eigenvalue weighted by atomic mass is 35.5. The minimum absolute atomic E-state index is 0.0987. The van der Waals surface area contributed by atoms with E-state index in [1.54, 1.807) is 18.2 Å². The van der Waals surface area contributed by atoms with Crippen LogP contribution in [0, 0.1) is 6.92 Å².